The molecule has 25 heavy (non-hydrogen) atoms. The van der Waals surface area contributed by atoms with Crippen LogP contribution >= 0.6 is 0 Å². The normalized spacial score (nSPS) is 16.8. The molecular formula is C20H23N3O2. The van der Waals surface area contributed by atoms with Crippen LogP contribution in [0.5, 0.6) is 0 Å². The number of hydrogen-bond acceptors (Lipinski definition) is 3. The van der Waals surface area contributed by atoms with E-state index < -0.39 is 6.04 Å². The van der Waals surface area contributed by atoms with Crippen LogP contribution in [0, 0.1) is 6.92 Å². The number of carbonyl (C=O) groups is 2. The Labute approximate surface area is 148 Å². The van der Waals surface area contributed by atoms with E-state index in [9.17, 15) is 9.59 Å². The Hall–Kier alpha value is -2.82. The topological polar surface area (TPSA) is 52.7 Å². The number of hydrogen-bond donors (Lipinski definition) is 1. The number of anilines is 2. The van der Waals surface area contributed by atoms with Crippen molar-refractivity contribution in [3.8, 4) is 0 Å². The van der Waals surface area contributed by atoms with Gasteiger partial charge in [0.2, 0.25) is 5.91 Å². The molecule has 1 aliphatic rings. The van der Waals surface area contributed by atoms with Gasteiger partial charge < -0.3 is 15.1 Å². The molecule has 1 N–H and O–H groups in total. The van der Waals surface area contributed by atoms with E-state index in [1.54, 1.807) is 11.0 Å². The highest BCUT2D eigenvalue weighted by Crippen LogP contribution is 2.22. The first kappa shape index (κ1) is 17.0. The molecule has 0 aromatic heterocycles. The van der Waals surface area contributed by atoms with Gasteiger partial charge in [-0.25, -0.2) is 0 Å². The van der Waals surface area contributed by atoms with E-state index in [-0.39, 0.29) is 11.8 Å². The lowest BCUT2D eigenvalue weighted by molar-refractivity contribution is -0.118. The summed E-state index contributed by atoms with van der Waals surface area (Å²) in [6, 6.07) is 14.8. The highest BCUT2D eigenvalue weighted by atomic mass is 16.2. The van der Waals surface area contributed by atoms with Crippen molar-refractivity contribution < 1.29 is 9.59 Å². The highest BCUT2D eigenvalue weighted by molar-refractivity contribution is 6.04. The lowest BCUT2D eigenvalue weighted by Crippen LogP contribution is -2.41. The number of nitrogens with one attached hydrogen (secondary N) is 1. The Morgan fingerprint density at radius 2 is 1.88 bits per heavy atom. The van der Waals surface area contributed by atoms with Crippen molar-refractivity contribution in [2.75, 3.05) is 30.4 Å². The summed E-state index contributed by atoms with van der Waals surface area (Å²) >= 11 is 0. The minimum atomic E-state index is -0.475. The Balaban J connectivity index is 1.69. The molecule has 0 unspecified atom stereocenters. The molecule has 1 aliphatic heterocycles. The number of carbonyl (C=O) groups excluding carboxylic acids is 2. The molecule has 0 bridgehead atoms. The molecule has 0 saturated carbocycles. The number of rotatable bonds is 4. The van der Waals surface area contributed by atoms with Gasteiger partial charge in [0.25, 0.3) is 5.91 Å². The third kappa shape index (κ3) is 3.65. The van der Waals surface area contributed by atoms with Gasteiger partial charge in [0.1, 0.15) is 6.04 Å². The fourth-order valence-electron chi connectivity index (χ4n) is 2.96. The summed E-state index contributed by atoms with van der Waals surface area (Å²) < 4.78 is 0. The van der Waals surface area contributed by atoms with E-state index in [4.69, 9.17) is 0 Å². The summed E-state index contributed by atoms with van der Waals surface area (Å²) in [5.41, 5.74) is 3.54. The largest absolute Gasteiger partial charge is 0.378 e. The molecule has 3 rings (SSSR count). The van der Waals surface area contributed by atoms with Crippen LogP contribution in [-0.4, -0.2) is 38.5 Å². The zero-order valence-electron chi connectivity index (χ0n) is 14.8. The van der Waals surface area contributed by atoms with E-state index in [2.05, 4.69) is 5.32 Å². The zero-order valence-corrected chi connectivity index (χ0v) is 14.8. The molecule has 0 aliphatic carbocycles. The molecule has 5 heteroatoms. The van der Waals surface area contributed by atoms with Gasteiger partial charge in [-0.2, -0.15) is 0 Å². The fourth-order valence-corrected chi connectivity index (χ4v) is 2.96. The fraction of sp³-hybridized carbons (Fsp3) is 0.300. The van der Waals surface area contributed by atoms with E-state index in [0.717, 1.165) is 16.9 Å². The number of aryl methyl sites for hydroxylation is 1. The van der Waals surface area contributed by atoms with Crippen LogP contribution in [-0.2, 0) is 4.79 Å². The van der Waals surface area contributed by atoms with Gasteiger partial charge in [0, 0.05) is 37.6 Å². The molecule has 0 radical (unpaired) electrons. The first-order chi connectivity index (χ1) is 12.0. The minimum Gasteiger partial charge on any atom is -0.378 e. The van der Waals surface area contributed by atoms with Crippen LogP contribution < -0.4 is 15.1 Å². The van der Waals surface area contributed by atoms with Crippen molar-refractivity contribution in [2.45, 2.75) is 19.4 Å². The Morgan fingerprint density at radius 3 is 2.56 bits per heavy atom. The number of nitrogens with zero attached hydrogens (tertiary/aromatic N) is 2. The molecule has 2 amide bonds. The number of amides is 2. The van der Waals surface area contributed by atoms with Crippen molar-refractivity contribution in [3.63, 3.8) is 0 Å². The van der Waals surface area contributed by atoms with Crippen LogP contribution in [0.1, 0.15) is 22.3 Å². The Bertz CT molecular complexity index is 784. The quantitative estimate of drug-likeness (QED) is 0.933. The standard InChI is InChI=1S/C20H23N3O2/c1-14-7-9-16(10-8-14)23-12-11-18(20(23)25)21-19(24)15-5-4-6-17(13-15)22(2)3/h4-10,13,18H,11-12H2,1-3H3,(H,21,24)/t18-/m1/s1. The Kier molecular flexibility index (Phi) is 4.74. The van der Waals surface area contributed by atoms with Crippen molar-refractivity contribution in [2.24, 2.45) is 0 Å². The van der Waals surface area contributed by atoms with Crippen molar-refractivity contribution in [1.82, 2.24) is 5.32 Å². The molecule has 2 aromatic rings. The summed E-state index contributed by atoms with van der Waals surface area (Å²) in [7, 11) is 3.86. The van der Waals surface area contributed by atoms with Gasteiger partial charge in [0.15, 0.2) is 0 Å². The second kappa shape index (κ2) is 6.97. The van der Waals surface area contributed by atoms with Crippen molar-refractivity contribution in [1.29, 1.82) is 0 Å². The van der Waals surface area contributed by atoms with Gasteiger partial charge in [-0.05, 0) is 43.7 Å². The first-order valence-electron chi connectivity index (χ1n) is 8.42. The maximum Gasteiger partial charge on any atom is 0.252 e. The molecular weight excluding hydrogens is 314 g/mol. The SMILES string of the molecule is Cc1ccc(N2CC[C@@H](NC(=O)c3cccc(N(C)C)c3)C2=O)cc1. The van der Waals surface area contributed by atoms with Crippen LogP contribution in [0.2, 0.25) is 0 Å². The molecule has 5 nitrogen and oxygen atoms in total. The van der Waals surface area contributed by atoms with Crippen LogP contribution in [0.15, 0.2) is 48.5 Å². The molecule has 2 aromatic carbocycles. The van der Waals surface area contributed by atoms with E-state index in [0.29, 0.717) is 18.5 Å². The van der Waals surface area contributed by atoms with Gasteiger partial charge in [0.05, 0.1) is 0 Å². The van der Waals surface area contributed by atoms with Crippen molar-refractivity contribution >= 4 is 23.2 Å². The van der Waals surface area contributed by atoms with E-state index in [1.165, 1.54) is 0 Å². The molecule has 1 saturated heterocycles. The van der Waals surface area contributed by atoms with Crippen LogP contribution in [0.25, 0.3) is 0 Å². The first-order valence-corrected chi connectivity index (χ1v) is 8.42. The average Bonchev–Trinajstić information content (AvgIpc) is 2.96. The lowest BCUT2D eigenvalue weighted by atomic mass is 10.1. The Morgan fingerprint density at radius 1 is 1.16 bits per heavy atom. The third-order valence-electron chi connectivity index (χ3n) is 4.48. The van der Waals surface area contributed by atoms with Gasteiger partial charge >= 0.3 is 0 Å². The molecule has 1 atom stereocenters. The van der Waals surface area contributed by atoms with Gasteiger partial charge in [-0.1, -0.05) is 23.8 Å². The van der Waals surface area contributed by atoms with Crippen LogP contribution in [0.4, 0.5) is 11.4 Å². The zero-order chi connectivity index (χ0) is 18.0. The minimum absolute atomic E-state index is 0.0547. The van der Waals surface area contributed by atoms with Gasteiger partial charge in [-0.3, -0.25) is 9.59 Å². The summed E-state index contributed by atoms with van der Waals surface area (Å²) in [6.45, 7) is 2.63. The lowest BCUT2D eigenvalue weighted by Gasteiger charge is -2.18. The maximum atomic E-state index is 12.6. The van der Waals surface area contributed by atoms with Gasteiger partial charge in [-0.15, -0.1) is 0 Å². The van der Waals surface area contributed by atoms with E-state index in [1.807, 2.05) is 68.4 Å². The average molecular weight is 337 g/mol. The highest BCUT2D eigenvalue weighted by Gasteiger charge is 2.33. The molecule has 1 heterocycles. The summed E-state index contributed by atoms with van der Waals surface area (Å²) in [5, 5.41) is 2.87. The van der Waals surface area contributed by atoms with Crippen molar-refractivity contribution in [3.05, 3.63) is 59.7 Å². The summed E-state index contributed by atoms with van der Waals surface area (Å²) in [4.78, 5) is 28.8. The summed E-state index contributed by atoms with van der Waals surface area (Å²) in [5.74, 6) is -0.270. The monoisotopic (exact) mass is 337 g/mol. The number of benzene rings is 2. The molecule has 130 valence electrons. The smallest absolute Gasteiger partial charge is 0.252 e. The molecule has 0 spiro atoms. The second-order valence-corrected chi connectivity index (χ2v) is 6.58. The van der Waals surface area contributed by atoms with E-state index >= 15 is 0 Å². The predicted molar refractivity (Wildman–Crippen MR) is 100 cm³/mol. The predicted octanol–water partition coefficient (Wildman–Crippen LogP) is 2.60. The maximum absolute atomic E-state index is 12.6. The second-order valence-electron chi connectivity index (χ2n) is 6.58. The summed E-state index contributed by atoms with van der Waals surface area (Å²) in [6.07, 6.45) is 0.617. The third-order valence-corrected chi connectivity index (χ3v) is 4.48. The molecule has 1 fully saturated rings. The van der Waals surface area contributed by atoms with Crippen LogP contribution in [0.3, 0.4) is 0 Å².